The predicted octanol–water partition coefficient (Wildman–Crippen LogP) is 3.50. The van der Waals surface area contributed by atoms with Gasteiger partial charge in [-0.2, -0.15) is 0 Å². The van der Waals surface area contributed by atoms with Gasteiger partial charge in [-0.3, -0.25) is 10.0 Å². The molecule has 0 heterocycles. The molecule has 0 spiro atoms. The van der Waals surface area contributed by atoms with Crippen molar-refractivity contribution in [3.05, 3.63) is 35.4 Å². The molecule has 1 aromatic rings. The fourth-order valence-corrected chi connectivity index (χ4v) is 6.02. The summed E-state index contributed by atoms with van der Waals surface area (Å²) in [6.07, 6.45) is 10.3. The van der Waals surface area contributed by atoms with E-state index in [1.165, 1.54) is 50.5 Å². The van der Waals surface area contributed by atoms with Crippen LogP contribution >= 0.6 is 0 Å². The number of hydrogen-bond acceptors (Lipinski definition) is 3. The van der Waals surface area contributed by atoms with E-state index in [9.17, 15) is 4.79 Å². The van der Waals surface area contributed by atoms with Gasteiger partial charge in [-0.25, -0.2) is 5.48 Å². The van der Waals surface area contributed by atoms with Gasteiger partial charge in [0.15, 0.2) is 0 Å². The normalized spacial score (nSPS) is 33.6. The Kier molecular flexibility index (Phi) is 4.35. The number of benzene rings is 1. The SMILES string of the molecule is O=C(NO)c1ccc(CNCCC23CC4CC(CC(C4)C2)C3)cc1. The summed E-state index contributed by atoms with van der Waals surface area (Å²) >= 11 is 0. The van der Waals surface area contributed by atoms with Crippen molar-refractivity contribution in [2.24, 2.45) is 23.2 Å². The lowest BCUT2D eigenvalue weighted by Gasteiger charge is -2.57. The molecule has 4 aliphatic rings. The van der Waals surface area contributed by atoms with Crippen molar-refractivity contribution in [1.82, 2.24) is 10.8 Å². The zero-order valence-corrected chi connectivity index (χ0v) is 14.3. The Labute approximate surface area is 144 Å². The Morgan fingerprint density at radius 1 is 1.04 bits per heavy atom. The maximum Gasteiger partial charge on any atom is 0.274 e. The van der Waals surface area contributed by atoms with Crippen molar-refractivity contribution in [1.29, 1.82) is 0 Å². The Balaban J connectivity index is 1.25. The minimum atomic E-state index is -0.462. The molecule has 4 heteroatoms. The smallest absolute Gasteiger partial charge is 0.274 e. The van der Waals surface area contributed by atoms with Crippen LogP contribution in [-0.4, -0.2) is 17.7 Å². The summed E-state index contributed by atoms with van der Waals surface area (Å²) in [7, 11) is 0. The van der Waals surface area contributed by atoms with Gasteiger partial charge >= 0.3 is 0 Å². The summed E-state index contributed by atoms with van der Waals surface area (Å²) in [4.78, 5) is 11.3. The molecule has 1 aromatic carbocycles. The number of rotatable bonds is 6. The molecule has 0 radical (unpaired) electrons. The number of hydrogen-bond donors (Lipinski definition) is 3. The van der Waals surface area contributed by atoms with E-state index in [-0.39, 0.29) is 0 Å². The topological polar surface area (TPSA) is 61.4 Å². The fourth-order valence-electron chi connectivity index (χ4n) is 6.02. The number of nitrogens with one attached hydrogen (secondary N) is 2. The highest BCUT2D eigenvalue weighted by molar-refractivity contribution is 5.93. The lowest BCUT2D eigenvalue weighted by atomic mass is 9.49. The monoisotopic (exact) mass is 328 g/mol. The molecule has 0 saturated heterocycles. The first-order valence-corrected chi connectivity index (χ1v) is 9.40. The van der Waals surface area contributed by atoms with E-state index in [1.807, 2.05) is 12.1 Å². The largest absolute Gasteiger partial charge is 0.313 e. The van der Waals surface area contributed by atoms with Crippen LogP contribution < -0.4 is 10.8 Å². The van der Waals surface area contributed by atoms with Gasteiger partial charge in [0.2, 0.25) is 0 Å². The van der Waals surface area contributed by atoms with Crippen molar-refractivity contribution in [2.75, 3.05) is 6.54 Å². The molecule has 1 amide bonds. The molecule has 0 aromatic heterocycles. The number of amides is 1. The molecule has 0 aliphatic heterocycles. The van der Waals surface area contributed by atoms with Crippen molar-refractivity contribution < 1.29 is 10.0 Å². The molecule has 4 nitrogen and oxygen atoms in total. The first-order valence-electron chi connectivity index (χ1n) is 9.40. The fraction of sp³-hybridized carbons (Fsp3) is 0.650. The van der Waals surface area contributed by atoms with E-state index in [0.29, 0.717) is 11.0 Å². The zero-order valence-electron chi connectivity index (χ0n) is 14.3. The van der Waals surface area contributed by atoms with Gasteiger partial charge in [-0.05, 0) is 92.4 Å². The third-order valence-electron chi connectivity index (χ3n) is 6.64. The minimum absolute atomic E-state index is 0.462. The van der Waals surface area contributed by atoms with Gasteiger partial charge in [0, 0.05) is 12.1 Å². The molecule has 4 saturated carbocycles. The van der Waals surface area contributed by atoms with E-state index < -0.39 is 5.91 Å². The molecule has 24 heavy (non-hydrogen) atoms. The van der Waals surface area contributed by atoms with Crippen molar-refractivity contribution >= 4 is 5.91 Å². The summed E-state index contributed by atoms with van der Waals surface area (Å²) in [6, 6.07) is 7.40. The van der Waals surface area contributed by atoms with Crippen molar-refractivity contribution in [3.63, 3.8) is 0 Å². The maximum absolute atomic E-state index is 11.3. The summed E-state index contributed by atoms with van der Waals surface area (Å²) in [5.41, 5.74) is 3.96. The highest BCUT2D eigenvalue weighted by Crippen LogP contribution is 2.61. The van der Waals surface area contributed by atoms with Crippen LogP contribution in [0.2, 0.25) is 0 Å². The molecule has 4 bridgehead atoms. The van der Waals surface area contributed by atoms with Crippen LogP contribution in [0.4, 0.5) is 0 Å². The van der Waals surface area contributed by atoms with Gasteiger partial charge in [0.25, 0.3) is 5.91 Å². The molecule has 4 aliphatic carbocycles. The van der Waals surface area contributed by atoms with E-state index in [2.05, 4.69) is 5.32 Å². The standard InChI is InChI=1S/C20H28N2O2/c23-19(22-24)18-3-1-14(2-4-18)13-21-6-5-20-10-15-7-16(11-20)9-17(8-15)12-20/h1-4,15-17,21,24H,5-13H2,(H,22,23). The highest BCUT2D eigenvalue weighted by atomic mass is 16.5. The first-order chi connectivity index (χ1) is 11.7. The van der Waals surface area contributed by atoms with Crippen LogP contribution in [0.15, 0.2) is 24.3 Å². The van der Waals surface area contributed by atoms with Crippen LogP contribution in [0.1, 0.15) is 60.9 Å². The summed E-state index contributed by atoms with van der Waals surface area (Å²) < 4.78 is 0. The van der Waals surface area contributed by atoms with Gasteiger partial charge in [0.05, 0.1) is 0 Å². The average molecular weight is 328 g/mol. The second-order valence-corrected chi connectivity index (χ2v) is 8.48. The van der Waals surface area contributed by atoms with Crippen LogP contribution in [0.25, 0.3) is 0 Å². The second-order valence-electron chi connectivity index (χ2n) is 8.48. The highest BCUT2D eigenvalue weighted by Gasteiger charge is 2.50. The molecular weight excluding hydrogens is 300 g/mol. The van der Waals surface area contributed by atoms with Gasteiger partial charge < -0.3 is 5.32 Å². The molecule has 5 rings (SSSR count). The third kappa shape index (κ3) is 3.22. The van der Waals surface area contributed by atoms with Crippen molar-refractivity contribution in [3.8, 4) is 0 Å². The van der Waals surface area contributed by atoms with Crippen LogP contribution in [0.3, 0.4) is 0 Å². The van der Waals surface area contributed by atoms with E-state index in [4.69, 9.17) is 5.21 Å². The first kappa shape index (κ1) is 16.1. The summed E-state index contributed by atoms with van der Waals surface area (Å²) in [5.74, 6) is 2.63. The summed E-state index contributed by atoms with van der Waals surface area (Å²) in [5, 5.41) is 12.2. The number of carbonyl (C=O) groups is 1. The third-order valence-corrected chi connectivity index (χ3v) is 6.64. The average Bonchev–Trinajstić information content (AvgIpc) is 2.57. The van der Waals surface area contributed by atoms with Gasteiger partial charge in [-0.15, -0.1) is 0 Å². The lowest BCUT2D eigenvalue weighted by Crippen LogP contribution is -2.47. The molecule has 0 atom stereocenters. The molecule has 4 fully saturated rings. The number of carbonyl (C=O) groups excluding carboxylic acids is 1. The number of hydroxylamine groups is 1. The van der Waals surface area contributed by atoms with Crippen LogP contribution in [0.5, 0.6) is 0 Å². The quantitative estimate of drug-likeness (QED) is 0.425. The second kappa shape index (κ2) is 6.49. The molecule has 0 unspecified atom stereocenters. The Morgan fingerprint density at radius 2 is 1.62 bits per heavy atom. The Morgan fingerprint density at radius 3 is 2.17 bits per heavy atom. The molecule has 130 valence electrons. The maximum atomic E-state index is 11.3. The van der Waals surface area contributed by atoms with E-state index >= 15 is 0 Å². The van der Waals surface area contributed by atoms with Gasteiger partial charge in [0.1, 0.15) is 0 Å². The van der Waals surface area contributed by atoms with Crippen molar-refractivity contribution in [2.45, 2.75) is 51.5 Å². The predicted molar refractivity (Wildman–Crippen MR) is 92.6 cm³/mol. The Bertz CT molecular complexity index is 561. The minimum Gasteiger partial charge on any atom is -0.313 e. The van der Waals surface area contributed by atoms with Crippen LogP contribution in [-0.2, 0) is 6.54 Å². The van der Waals surface area contributed by atoms with E-state index in [0.717, 1.165) is 30.8 Å². The lowest BCUT2D eigenvalue weighted by molar-refractivity contribution is -0.0567. The van der Waals surface area contributed by atoms with Gasteiger partial charge in [-0.1, -0.05) is 12.1 Å². The Hall–Kier alpha value is -1.39. The van der Waals surface area contributed by atoms with Crippen LogP contribution in [0, 0.1) is 23.2 Å². The summed E-state index contributed by atoms with van der Waals surface area (Å²) in [6.45, 7) is 1.93. The zero-order chi connectivity index (χ0) is 16.6. The molecular formula is C20H28N2O2. The molecule has 3 N–H and O–H groups in total. The van der Waals surface area contributed by atoms with E-state index in [1.54, 1.807) is 17.6 Å².